The molecule has 3 aromatic rings. The van der Waals surface area contributed by atoms with Crippen molar-refractivity contribution in [1.82, 2.24) is 19.7 Å². The number of pyridine rings is 2. The first-order chi connectivity index (χ1) is 11.7. The van der Waals surface area contributed by atoms with Crippen LogP contribution in [0.25, 0.3) is 17.0 Å². The van der Waals surface area contributed by atoms with Crippen molar-refractivity contribution in [2.45, 2.75) is 18.3 Å². The molecule has 0 spiro atoms. The zero-order valence-corrected chi connectivity index (χ0v) is 14.0. The molecule has 0 bridgehead atoms. The predicted molar refractivity (Wildman–Crippen MR) is 94.3 cm³/mol. The third kappa shape index (κ3) is 2.59. The van der Waals surface area contributed by atoms with E-state index in [1.807, 2.05) is 47.1 Å². The van der Waals surface area contributed by atoms with E-state index in [4.69, 9.17) is 16.6 Å². The predicted octanol–water partition coefficient (Wildman–Crippen LogP) is 2.66. The summed E-state index contributed by atoms with van der Waals surface area (Å²) in [6.07, 6.45) is 5.63. The fraction of sp³-hybridized carbons (Fsp3) is 0.333. The minimum atomic E-state index is -0.313. The van der Waals surface area contributed by atoms with Crippen molar-refractivity contribution in [1.29, 1.82) is 0 Å². The largest absolute Gasteiger partial charge is 0.395 e. The summed E-state index contributed by atoms with van der Waals surface area (Å²) in [5.41, 5.74) is 3.17. The lowest BCUT2D eigenvalue weighted by Crippen LogP contribution is -2.46. The van der Waals surface area contributed by atoms with Gasteiger partial charge in [-0.3, -0.25) is 9.38 Å². The number of imidazole rings is 1. The molecule has 3 aromatic heterocycles. The second-order valence-corrected chi connectivity index (χ2v) is 6.78. The highest BCUT2D eigenvalue weighted by atomic mass is 35.5. The van der Waals surface area contributed by atoms with Gasteiger partial charge in [0, 0.05) is 18.2 Å². The molecule has 0 amide bonds. The van der Waals surface area contributed by atoms with Gasteiger partial charge in [0.2, 0.25) is 0 Å². The Morgan fingerprint density at radius 3 is 3.00 bits per heavy atom. The molecule has 0 aromatic carbocycles. The van der Waals surface area contributed by atoms with Gasteiger partial charge < -0.3 is 10.4 Å². The van der Waals surface area contributed by atoms with Gasteiger partial charge >= 0.3 is 0 Å². The Morgan fingerprint density at radius 2 is 2.21 bits per heavy atom. The number of nitrogens with zero attached hydrogens (tertiary/aromatic N) is 3. The van der Waals surface area contributed by atoms with Crippen LogP contribution >= 0.6 is 11.6 Å². The molecule has 1 fully saturated rings. The maximum absolute atomic E-state index is 10.0. The number of nitrogens with one attached hydrogen (secondary N) is 1. The highest BCUT2D eigenvalue weighted by molar-refractivity contribution is 6.30. The molecule has 0 radical (unpaired) electrons. The van der Waals surface area contributed by atoms with Crippen LogP contribution in [0, 0.1) is 0 Å². The summed E-state index contributed by atoms with van der Waals surface area (Å²) in [5, 5.41) is 14.0. The standard InChI is InChI=1S/C18H19ClN4O/c19-13-5-6-17-21-9-15(23(17)10-13)14-3-1-4-16(22-14)18(12-24)7-2-8-20-11-18/h1,3-6,9-10,20,24H,2,7-8,11-12H2/t18-/m1/s1. The van der Waals surface area contributed by atoms with Crippen LogP contribution in [0.2, 0.25) is 5.02 Å². The lowest BCUT2D eigenvalue weighted by atomic mass is 9.78. The van der Waals surface area contributed by atoms with Crippen molar-refractivity contribution in [3.63, 3.8) is 0 Å². The second-order valence-electron chi connectivity index (χ2n) is 6.35. The fourth-order valence-electron chi connectivity index (χ4n) is 3.42. The molecule has 4 rings (SSSR count). The van der Waals surface area contributed by atoms with Gasteiger partial charge in [-0.25, -0.2) is 4.98 Å². The molecule has 6 heteroatoms. The zero-order valence-electron chi connectivity index (χ0n) is 13.2. The third-order valence-electron chi connectivity index (χ3n) is 4.80. The maximum Gasteiger partial charge on any atom is 0.137 e. The van der Waals surface area contributed by atoms with E-state index < -0.39 is 0 Å². The summed E-state index contributed by atoms with van der Waals surface area (Å²) < 4.78 is 1.94. The number of aliphatic hydroxyl groups excluding tert-OH is 1. The van der Waals surface area contributed by atoms with E-state index in [0.717, 1.165) is 48.7 Å². The highest BCUT2D eigenvalue weighted by Gasteiger charge is 2.34. The molecule has 1 aliphatic heterocycles. The van der Waals surface area contributed by atoms with Gasteiger partial charge in [0.25, 0.3) is 0 Å². The molecule has 0 unspecified atom stereocenters. The van der Waals surface area contributed by atoms with Gasteiger partial charge in [-0.15, -0.1) is 0 Å². The molecule has 1 saturated heterocycles. The third-order valence-corrected chi connectivity index (χ3v) is 5.02. The normalized spacial score (nSPS) is 21.2. The van der Waals surface area contributed by atoms with Crippen molar-refractivity contribution in [2.75, 3.05) is 19.7 Å². The van der Waals surface area contributed by atoms with Crippen molar-refractivity contribution in [3.05, 3.63) is 53.4 Å². The molecule has 1 atom stereocenters. The highest BCUT2D eigenvalue weighted by Crippen LogP contribution is 2.31. The molecular formula is C18H19ClN4O. The monoisotopic (exact) mass is 342 g/mol. The molecule has 0 saturated carbocycles. The first-order valence-electron chi connectivity index (χ1n) is 8.14. The lowest BCUT2D eigenvalue weighted by Gasteiger charge is -2.35. The fourth-order valence-corrected chi connectivity index (χ4v) is 3.58. The topological polar surface area (TPSA) is 62.5 Å². The summed E-state index contributed by atoms with van der Waals surface area (Å²) >= 11 is 6.12. The number of halogens is 1. The van der Waals surface area contributed by atoms with Gasteiger partial charge in [0.1, 0.15) is 5.65 Å². The zero-order chi connectivity index (χ0) is 16.6. The van der Waals surface area contributed by atoms with E-state index in [1.165, 1.54) is 0 Å². The van der Waals surface area contributed by atoms with E-state index in [1.54, 1.807) is 0 Å². The lowest BCUT2D eigenvalue weighted by molar-refractivity contribution is 0.159. The van der Waals surface area contributed by atoms with Crippen molar-refractivity contribution in [3.8, 4) is 11.4 Å². The van der Waals surface area contributed by atoms with Gasteiger partial charge in [-0.2, -0.15) is 0 Å². The van der Waals surface area contributed by atoms with Gasteiger partial charge in [0.05, 0.1) is 34.9 Å². The minimum Gasteiger partial charge on any atom is -0.395 e. The Bertz CT molecular complexity index is 870. The summed E-state index contributed by atoms with van der Waals surface area (Å²) in [7, 11) is 0. The van der Waals surface area contributed by atoms with Crippen LogP contribution in [0.4, 0.5) is 0 Å². The maximum atomic E-state index is 10.0. The number of hydrogen-bond donors (Lipinski definition) is 2. The number of piperidine rings is 1. The molecular weight excluding hydrogens is 324 g/mol. The molecule has 5 nitrogen and oxygen atoms in total. The van der Waals surface area contributed by atoms with E-state index in [2.05, 4.69) is 10.3 Å². The summed E-state index contributed by atoms with van der Waals surface area (Å²) in [6, 6.07) is 9.67. The van der Waals surface area contributed by atoms with Gasteiger partial charge in [-0.1, -0.05) is 17.7 Å². The van der Waals surface area contributed by atoms with Crippen LogP contribution in [-0.2, 0) is 5.41 Å². The van der Waals surface area contributed by atoms with E-state index in [9.17, 15) is 5.11 Å². The quantitative estimate of drug-likeness (QED) is 0.768. The second kappa shape index (κ2) is 6.16. The Kier molecular flexibility index (Phi) is 4.00. The smallest absolute Gasteiger partial charge is 0.137 e. The molecule has 0 aliphatic carbocycles. The van der Waals surface area contributed by atoms with Gasteiger partial charge in [-0.05, 0) is 43.7 Å². The average Bonchev–Trinajstić information content (AvgIpc) is 3.05. The van der Waals surface area contributed by atoms with E-state index in [-0.39, 0.29) is 12.0 Å². The number of rotatable bonds is 3. The molecule has 2 N–H and O–H groups in total. The summed E-state index contributed by atoms with van der Waals surface area (Å²) in [5.74, 6) is 0. The SMILES string of the molecule is OC[C@@]1(c2cccc(-c3cnc4ccc(Cl)cn34)n2)CCCNC1. The van der Waals surface area contributed by atoms with Crippen LogP contribution < -0.4 is 5.32 Å². The number of fused-ring (bicyclic) bond motifs is 1. The van der Waals surface area contributed by atoms with Crippen LogP contribution in [-0.4, -0.2) is 39.2 Å². The van der Waals surface area contributed by atoms with E-state index >= 15 is 0 Å². The van der Waals surface area contributed by atoms with E-state index in [0.29, 0.717) is 5.02 Å². The number of aromatic nitrogens is 3. The summed E-state index contributed by atoms with van der Waals surface area (Å²) in [6.45, 7) is 1.83. The molecule has 24 heavy (non-hydrogen) atoms. The van der Waals surface area contributed by atoms with Crippen molar-refractivity contribution in [2.24, 2.45) is 0 Å². The molecule has 124 valence electrons. The Hall–Kier alpha value is -1.95. The molecule has 1 aliphatic rings. The van der Waals surface area contributed by atoms with Crippen LogP contribution in [0.5, 0.6) is 0 Å². The summed E-state index contributed by atoms with van der Waals surface area (Å²) in [4.78, 5) is 9.28. The Balaban J connectivity index is 1.80. The Labute approximate surface area is 145 Å². The Morgan fingerprint density at radius 1 is 1.29 bits per heavy atom. The first-order valence-corrected chi connectivity index (χ1v) is 8.52. The molecule has 4 heterocycles. The first kappa shape index (κ1) is 15.6. The van der Waals surface area contributed by atoms with Crippen LogP contribution in [0.15, 0.2) is 42.7 Å². The van der Waals surface area contributed by atoms with Gasteiger partial charge in [0.15, 0.2) is 0 Å². The minimum absolute atomic E-state index is 0.0927. The van der Waals surface area contributed by atoms with Crippen LogP contribution in [0.1, 0.15) is 18.5 Å². The number of aliphatic hydroxyl groups is 1. The average molecular weight is 343 g/mol. The van der Waals surface area contributed by atoms with Crippen LogP contribution in [0.3, 0.4) is 0 Å². The van der Waals surface area contributed by atoms with Crippen molar-refractivity contribution >= 4 is 17.2 Å². The van der Waals surface area contributed by atoms with Crippen molar-refractivity contribution < 1.29 is 5.11 Å². The number of hydrogen-bond acceptors (Lipinski definition) is 4.